The van der Waals surface area contributed by atoms with Gasteiger partial charge >= 0.3 is 5.97 Å². The van der Waals surface area contributed by atoms with Crippen LogP contribution < -0.4 is 0 Å². The summed E-state index contributed by atoms with van der Waals surface area (Å²) >= 11 is 0. The van der Waals surface area contributed by atoms with Gasteiger partial charge in [-0.3, -0.25) is 4.79 Å². The van der Waals surface area contributed by atoms with Gasteiger partial charge in [0, 0.05) is 0 Å². The first kappa shape index (κ1) is 23.2. The largest absolute Gasteiger partial charge is 0.469 e. The van der Waals surface area contributed by atoms with Gasteiger partial charge in [0.15, 0.2) is 0 Å². The molecule has 4 nitrogen and oxygen atoms in total. The van der Waals surface area contributed by atoms with Crippen molar-refractivity contribution in [2.75, 3.05) is 7.11 Å². The second kappa shape index (κ2) is 11.1. The van der Waals surface area contributed by atoms with Gasteiger partial charge < -0.3 is 14.6 Å². The number of rotatable bonds is 14. The highest BCUT2D eigenvalue weighted by atomic mass is 16.6. The Bertz CT molecular complexity index is 439. The molecule has 1 N–H and O–H groups in total. The molecule has 0 aromatic carbocycles. The van der Waals surface area contributed by atoms with Crippen LogP contribution in [0, 0.1) is 5.41 Å². The van der Waals surface area contributed by atoms with Gasteiger partial charge in [-0.1, -0.05) is 64.0 Å². The Hall–Kier alpha value is -0.870. The van der Waals surface area contributed by atoms with E-state index >= 15 is 0 Å². The van der Waals surface area contributed by atoms with Crippen LogP contribution in [0.1, 0.15) is 91.9 Å². The van der Waals surface area contributed by atoms with E-state index in [0.29, 0.717) is 6.10 Å². The Labute approximate surface area is 160 Å². The molecule has 1 saturated heterocycles. The van der Waals surface area contributed by atoms with Crippen LogP contribution in [0.3, 0.4) is 0 Å². The molecular formula is C22H40O4. The van der Waals surface area contributed by atoms with E-state index in [0.717, 1.165) is 44.9 Å². The Morgan fingerprint density at radius 2 is 1.73 bits per heavy atom. The van der Waals surface area contributed by atoms with Crippen LogP contribution in [0.5, 0.6) is 0 Å². The third kappa shape index (κ3) is 9.18. The third-order valence-electron chi connectivity index (χ3n) is 5.33. The molecule has 1 heterocycles. The van der Waals surface area contributed by atoms with Crippen molar-refractivity contribution in [3.63, 3.8) is 0 Å². The first-order valence-electron chi connectivity index (χ1n) is 10.4. The molecule has 0 radical (unpaired) electrons. The highest BCUT2D eigenvalue weighted by molar-refractivity contribution is 5.75. The minimum Gasteiger partial charge on any atom is -0.469 e. The van der Waals surface area contributed by atoms with Crippen LogP contribution >= 0.6 is 0 Å². The van der Waals surface area contributed by atoms with Crippen LogP contribution in [0.4, 0.5) is 0 Å². The second-order valence-electron chi connectivity index (χ2n) is 8.64. The van der Waals surface area contributed by atoms with E-state index in [2.05, 4.69) is 6.92 Å². The highest BCUT2D eigenvalue weighted by Gasteiger charge is 2.36. The number of ether oxygens (including phenoxy) is 2. The van der Waals surface area contributed by atoms with Crippen molar-refractivity contribution in [3.05, 3.63) is 12.2 Å². The lowest BCUT2D eigenvalue weighted by molar-refractivity contribution is -0.151. The topological polar surface area (TPSA) is 59.1 Å². The molecule has 1 fully saturated rings. The summed E-state index contributed by atoms with van der Waals surface area (Å²) in [7, 11) is 1.44. The number of hydrogen-bond donors (Lipinski definition) is 1. The standard InChI is InChI=1S/C22H40O4/c1-6-7-10-13-18-19(26-18)14-17-22(4,24)16-12-9-8-11-15-21(2,3)20(23)25-5/h14,17-19,24H,6-13,15-16H2,1-5H3/b17-14+. The SMILES string of the molecule is CCCCCC1OC1/C=C/C(C)(O)CCCCCCC(C)(C)C(=O)OC. The predicted molar refractivity (Wildman–Crippen MR) is 106 cm³/mol. The fourth-order valence-electron chi connectivity index (χ4n) is 3.32. The van der Waals surface area contributed by atoms with Gasteiger partial charge in [-0.25, -0.2) is 0 Å². The lowest BCUT2D eigenvalue weighted by Gasteiger charge is -2.21. The van der Waals surface area contributed by atoms with E-state index in [1.165, 1.54) is 26.4 Å². The first-order chi connectivity index (χ1) is 12.2. The maximum atomic E-state index is 11.6. The smallest absolute Gasteiger partial charge is 0.311 e. The van der Waals surface area contributed by atoms with Crippen molar-refractivity contribution < 1.29 is 19.4 Å². The van der Waals surface area contributed by atoms with E-state index in [1.807, 2.05) is 32.9 Å². The van der Waals surface area contributed by atoms with Gasteiger partial charge in [-0.15, -0.1) is 0 Å². The molecule has 1 aliphatic rings. The molecule has 0 aliphatic carbocycles. The highest BCUT2D eigenvalue weighted by Crippen LogP contribution is 2.30. The van der Waals surface area contributed by atoms with Crippen LogP contribution in [-0.2, 0) is 14.3 Å². The van der Waals surface area contributed by atoms with Gasteiger partial charge in [-0.2, -0.15) is 0 Å². The molecule has 0 bridgehead atoms. The zero-order valence-electron chi connectivity index (χ0n) is 17.6. The van der Waals surface area contributed by atoms with Crippen molar-refractivity contribution in [2.45, 2.75) is 110 Å². The van der Waals surface area contributed by atoms with Gasteiger partial charge in [0.2, 0.25) is 0 Å². The van der Waals surface area contributed by atoms with Crippen molar-refractivity contribution in [3.8, 4) is 0 Å². The fourth-order valence-corrected chi connectivity index (χ4v) is 3.32. The first-order valence-corrected chi connectivity index (χ1v) is 10.4. The summed E-state index contributed by atoms with van der Waals surface area (Å²) in [4.78, 5) is 11.6. The van der Waals surface area contributed by atoms with Crippen molar-refractivity contribution in [2.24, 2.45) is 5.41 Å². The maximum absolute atomic E-state index is 11.6. The number of carbonyl (C=O) groups excluding carboxylic acids is 1. The molecule has 1 aliphatic heterocycles. The molecule has 26 heavy (non-hydrogen) atoms. The maximum Gasteiger partial charge on any atom is 0.311 e. The predicted octanol–water partition coefficient (Wildman–Crippen LogP) is 5.18. The summed E-state index contributed by atoms with van der Waals surface area (Å²) in [5.41, 5.74) is -1.16. The summed E-state index contributed by atoms with van der Waals surface area (Å²) in [6.45, 7) is 7.95. The minimum absolute atomic E-state index is 0.138. The van der Waals surface area contributed by atoms with Gasteiger partial charge in [0.1, 0.15) is 6.10 Å². The summed E-state index contributed by atoms with van der Waals surface area (Å²) in [5, 5.41) is 10.5. The van der Waals surface area contributed by atoms with Crippen LogP contribution in [-0.4, -0.2) is 36.0 Å². The number of aliphatic hydroxyl groups is 1. The fraction of sp³-hybridized carbons (Fsp3) is 0.864. The quantitative estimate of drug-likeness (QED) is 0.199. The molecule has 0 aromatic heterocycles. The van der Waals surface area contributed by atoms with Gasteiger partial charge in [-0.05, 0) is 40.0 Å². The normalized spacial score (nSPS) is 22.4. The number of hydrogen-bond acceptors (Lipinski definition) is 4. The molecule has 4 heteroatoms. The zero-order valence-corrected chi connectivity index (χ0v) is 17.6. The number of carbonyl (C=O) groups is 1. The summed E-state index contributed by atoms with van der Waals surface area (Å²) < 4.78 is 10.5. The molecule has 0 aromatic rings. The van der Waals surface area contributed by atoms with E-state index in [-0.39, 0.29) is 12.1 Å². The summed E-state index contributed by atoms with van der Waals surface area (Å²) in [5.74, 6) is -0.138. The van der Waals surface area contributed by atoms with Crippen molar-refractivity contribution in [1.82, 2.24) is 0 Å². The molecule has 0 saturated carbocycles. The van der Waals surface area contributed by atoms with Gasteiger partial charge in [0.05, 0.1) is 24.2 Å². The lowest BCUT2D eigenvalue weighted by Crippen LogP contribution is -2.25. The Kier molecular flexibility index (Phi) is 9.88. The average Bonchev–Trinajstić information content (AvgIpc) is 3.34. The van der Waals surface area contributed by atoms with Crippen LogP contribution in [0.15, 0.2) is 12.2 Å². The third-order valence-corrected chi connectivity index (χ3v) is 5.33. The monoisotopic (exact) mass is 368 g/mol. The van der Waals surface area contributed by atoms with Crippen molar-refractivity contribution >= 4 is 5.97 Å². The Balaban J connectivity index is 2.12. The van der Waals surface area contributed by atoms with E-state index in [4.69, 9.17) is 9.47 Å². The molecule has 3 unspecified atom stereocenters. The zero-order chi connectivity index (χ0) is 19.6. The molecule has 0 amide bonds. The molecular weight excluding hydrogens is 328 g/mol. The number of methoxy groups -OCH3 is 1. The van der Waals surface area contributed by atoms with Crippen LogP contribution in [0.2, 0.25) is 0 Å². The van der Waals surface area contributed by atoms with E-state index in [9.17, 15) is 9.90 Å². The van der Waals surface area contributed by atoms with E-state index in [1.54, 1.807) is 0 Å². The number of esters is 1. The molecule has 152 valence electrons. The van der Waals surface area contributed by atoms with Gasteiger partial charge in [0.25, 0.3) is 0 Å². The average molecular weight is 369 g/mol. The van der Waals surface area contributed by atoms with E-state index < -0.39 is 11.0 Å². The van der Waals surface area contributed by atoms with Crippen molar-refractivity contribution in [1.29, 1.82) is 0 Å². The number of unbranched alkanes of at least 4 members (excludes halogenated alkanes) is 5. The molecule has 0 spiro atoms. The Morgan fingerprint density at radius 3 is 2.35 bits per heavy atom. The van der Waals surface area contributed by atoms with Crippen LogP contribution in [0.25, 0.3) is 0 Å². The summed E-state index contributed by atoms with van der Waals surface area (Å²) in [6.07, 6.45) is 15.1. The molecule has 3 atom stereocenters. The summed E-state index contributed by atoms with van der Waals surface area (Å²) in [6, 6.07) is 0. The minimum atomic E-state index is -0.759. The Morgan fingerprint density at radius 1 is 1.08 bits per heavy atom. The lowest BCUT2D eigenvalue weighted by atomic mass is 9.86. The molecule has 1 rings (SSSR count). The number of epoxide rings is 1. The second-order valence-corrected chi connectivity index (χ2v) is 8.64.